The highest BCUT2D eigenvalue weighted by molar-refractivity contribution is 9.10. The van der Waals surface area contributed by atoms with E-state index in [1.54, 1.807) is 0 Å². The lowest BCUT2D eigenvalue weighted by molar-refractivity contribution is -0.267. The number of alkyl halides is 5. The fraction of sp³-hybridized carbons (Fsp3) is 0.417. The van der Waals surface area contributed by atoms with Gasteiger partial charge in [-0.25, -0.2) is 0 Å². The van der Waals surface area contributed by atoms with Crippen LogP contribution in [0, 0.1) is 6.92 Å². The van der Waals surface area contributed by atoms with Crippen LogP contribution in [-0.2, 0) is 4.79 Å². The molecule has 0 fully saturated rings. The highest BCUT2D eigenvalue weighted by Gasteiger charge is 2.63. The topological polar surface area (TPSA) is 29.1 Å². The molecule has 0 aliphatic heterocycles. The van der Waals surface area contributed by atoms with Crippen molar-refractivity contribution in [2.75, 3.05) is 5.32 Å². The molecule has 1 amide bonds. The molecule has 0 atom stereocenters. The minimum atomic E-state index is -5.95. The first kappa shape index (κ1) is 20.1. The molecule has 0 saturated heterocycles. The number of carbonyl (C=O) groups is 1. The molecule has 0 bridgehead atoms. The van der Waals surface area contributed by atoms with E-state index in [4.69, 9.17) is 11.6 Å². The summed E-state index contributed by atoms with van der Waals surface area (Å²) in [5, 5.41) is 1.58. The van der Waals surface area contributed by atoms with Crippen LogP contribution in [0.5, 0.6) is 0 Å². The monoisotopic (exact) mass is 395 g/mol. The van der Waals surface area contributed by atoms with Crippen LogP contribution in [0.1, 0.15) is 19.4 Å². The highest BCUT2D eigenvalue weighted by Crippen LogP contribution is 2.37. The lowest BCUT2D eigenvalue weighted by Gasteiger charge is -2.19. The second-order valence-electron chi connectivity index (χ2n) is 3.61. The SMILES string of the molecule is CC.Cc1cc(Br)c(Cl)cc1NC(=O)C(F)(F)C(F)(F)F. The van der Waals surface area contributed by atoms with E-state index >= 15 is 0 Å². The normalized spacial score (nSPS) is 11.5. The van der Waals surface area contributed by atoms with Crippen molar-refractivity contribution in [1.82, 2.24) is 0 Å². The van der Waals surface area contributed by atoms with Crippen LogP contribution in [0.2, 0.25) is 5.02 Å². The average Bonchev–Trinajstić information content (AvgIpc) is 2.36. The van der Waals surface area contributed by atoms with Crippen molar-refractivity contribution in [2.24, 2.45) is 0 Å². The molecular formula is C12H12BrClF5NO. The van der Waals surface area contributed by atoms with Gasteiger partial charge in [0.1, 0.15) is 0 Å². The second kappa shape index (κ2) is 7.40. The summed E-state index contributed by atoms with van der Waals surface area (Å²) < 4.78 is 61.9. The number of halogens is 7. The third kappa shape index (κ3) is 4.81. The smallest absolute Gasteiger partial charge is 0.320 e. The molecular weight excluding hydrogens is 384 g/mol. The Morgan fingerprint density at radius 1 is 1.19 bits per heavy atom. The Kier molecular flexibility index (Phi) is 7.08. The zero-order valence-corrected chi connectivity index (χ0v) is 13.6. The maximum atomic E-state index is 12.7. The number of amides is 1. The molecule has 9 heteroatoms. The maximum Gasteiger partial charge on any atom is 0.463 e. The molecule has 120 valence electrons. The fourth-order valence-corrected chi connectivity index (χ4v) is 1.73. The number of anilines is 1. The van der Waals surface area contributed by atoms with Crippen molar-refractivity contribution in [3.63, 3.8) is 0 Å². The van der Waals surface area contributed by atoms with Gasteiger partial charge in [-0.2, -0.15) is 22.0 Å². The largest absolute Gasteiger partial charge is 0.463 e. The van der Waals surface area contributed by atoms with Gasteiger partial charge in [-0.3, -0.25) is 4.79 Å². The van der Waals surface area contributed by atoms with Gasteiger partial charge in [0.25, 0.3) is 0 Å². The fourth-order valence-electron chi connectivity index (χ4n) is 1.11. The Balaban J connectivity index is 0.00000191. The molecule has 0 aliphatic rings. The molecule has 1 N–H and O–H groups in total. The lowest BCUT2D eigenvalue weighted by Crippen LogP contribution is -2.47. The molecule has 21 heavy (non-hydrogen) atoms. The van der Waals surface area contributed by atoms with Crippen molar-refractivity contribution in [3.8, 4) is 0 Å². The van der Waals surface area contributed by atoms with Gasteiger partial charge in [-0.1, -0.05) is 25.4 Å². The second-order valence-corrected chi connectivity index (χ2v) is 4.87. The number of hydrogen-bond donors (Lipinski definition) is 1. The first-order chi connectivity index (χ1) is 9.46. The molecule has 0 aliphatic carbocycles. The van der Waals surface area contributed by atoms with E-state index in [9.17, 15) is 26.7 Å². The van der Waals surface area contributed by atoms with E-state index in [-0.39, 0.29) is 16.3 Å². The first-order valence-corrected chi connectivity index (χ1v) is 6.85. The van der Waals surface area contributed by atoms with E-state index in [1.807, 2.05) is 13.8 Å². The van der Waals surface area contributed by atoms with Crippen LogP contribution >= 0.6 is 27.5 Å². The Morgan fingerprint density at radius 3 is 2.10 bits per heavy atom. The molecule has 0 spiro atoms. The Labute approximate surface area is 131 Å². The molecule has 0 unspecified atom stereocenters. The summed E-state index contributed by atoms with van der Waals surface area (Å²) in [7, 11) is 0. The summed E-state index contributed by atoms with van der Waals surface area (Å²) in [6, 6.07) is 2.45. The van der Waals surface area contributed by atoms with Crippen molar-refractivity contribution in [2.45, 2.75) is 32.9 Å². The van der Waals surface area contributed by atoms with E-state index in [0.717, 1.165) is 6.07 Å². The molecule has 0 heterocycles. The molecule has 0 radical (unpaired) electrons. The minimum Gasteiger partial charge on any atom is -0.320 e. The van der Waals surface area contributed by atoms with Gasteiger partial charge >= 0.3 is 18.0 Å². The van der Waals surface area contributed by atoms with Gasteiger partial charge < -0.3 is 5.32 Å². The number of benzene rings is 1. The van der Waals surface area contributed by atoms with Gasteiger partial charge in [-0.05, 0) is 40.5 Å². The van der Waals surface area contributed by atoms with Gasteiger partial charge in [0.15, 0.2) is 0 Å². The number of rotatable bonds is 2. The minimum absolute atomic E-state index is 0.0659. The van der Waals surface area contributed by atoms with Crippen molar-refractivity contribution < 1.29 is 26.7 Å². The van der Waals surface area contributed by atoms with E-state index in [2.05, 4.69) is 15.9 Å². The zero-order chi connectivity index (χ0) is 17.0. The van der Waals surface area contributed by atoms with E-state index in [0.29, 0.717) is 4.47 Å². The highest BCUT2D eigenvalue weighted by atomic mass is 79.9. The molecule has 2 nitrogen and oxygen atoms in total. The quantitative estimate of drug-likeness (QED) is 0.650. The van der Waals surface area contributed by atoms with Gasteiger partial charge in [-0.15, -0.1) is 0 Å². The maximum absolute atomic E-state index is 12.7. The summed E-state index contributed by atoms with van der Waals surface area (Å²) in [6.45, 7) is 5.42. The van der Waals surface area contributed by atoms with Crippen LogP contribution < -0.4 is 5.32 Å². The van der Waals surface area contributed by atoms with E-state index in [1.165, 1.54) is 18.3 Å². The zero-order valence-electron chi connectivity index (χ0n) is 11.2. The number of hydrogen-bond acceptors (Lipinski definition) is 1. The standard InChI is InChI=1S/C10H6BrClF5NO.C2H6/c1-4-2-5(11)6(12)3-7(4)18-8(19)9(13,14)10(15,16)17;1-2/h2-3H,1H3,(H,18,19);1-2H3. The van der Waals surface area contributed by atoms with Crippen molar-refractivity contribution in [3.05, 3.63) is 27.2 Å². The number of aryl methyl sites for hydroxylation is 1. The lowest BCUT2D eigenvalue weighted by atomic mass is 10.2. The summed E-state index contributed by atoms with van der Waals surface area (Å²) in [5.74, 6) is -7.93. The van der Waals surface area contributed by atoms with Crippen LogP contribution in [0.3, 0.4) is 0 Å². The van der Waals surface area contributed by atoms with Crippen molar-refractivity contribution in [1.29, 1.82) is 0 Å². The third-order valence-electron chi connectivity index (χ3n) is 2.16. The predicted octanol–water partition coefficient (Wildman–Crippen LogP) is 5.57. The van der Waals surface area contributed by atoms with Crippen LogP contribution in [0.4, 0.5) is 27.6 Å². The number of nitrogens with one attached hydrogen (secondary N) is 1. The van der Waals surface area contributed by atoms with Gasteiger partial charge in [0, 0.05) is 10.2 Å². The summed E-state index contributed by atoms with van der Waals surface area (Å²) in [6.07, 6.45) is -5.95. The first-order valence-electron chi connectivity index (χ1n) is 5.68. The van der Waals surface area contributed by atoms with Crippen LogP contribution in [0.25, 0.3) is 0 Å². The van der Waals surface area contributed by atoms with Gasteiger partial charge in [0.2, 0.25) is 0 Å². The van der Waals surface area contributed by atoms with Crippen LogP contribution in [0.15, 0.2) is 16.6 Å². The Hall–Kier alpha value is -0.890. The summed E-state index contributed by atoms with van der Waals surface area (Å²) >= 11 is 8.71. The van der Waals surface area contributed by atoms with Crippen molar-refractivity contribution >= 4 is 39.1 Å². The third-order valence-corrected chi connectivity index (χ3v) is 3.35. The van der Waals surface area contributed by atoms with Gasteiger partial charge in [0.05, 0.1) is 5.02 Å². The molecule has 1 aromatic carbocycles. The average molecular weight is 397 g/mol. The molecule has 1 aromatic rings. The molecule has 0 aromatic heterocycles. The Bertz CT molecular complexity index is 519. The Morgan fingerprint density at radius 2 is 1.67 bits per heavy atom. The summed E-state index contributed by atoms with van der Waals surface area (Å²) in [5.41, 5.74) is 0.0599. The molecule has 1 rings (SSSR count). The summed E-state index contributed by atoms with van der Waals surface area (Å²) in [4.78, 5) is 11.0. The predicted molar refractivity (Wildman–Crippen MR) is 74.9 cm³/mol. The molecule has 0 saturated carbocycles. The number of carbonyl (C=O) groups excluding carboxylic acids is 1. The van der Waals surface area contributed by atoms with E-state index < -0.39 is 18.0 Å². The van der Waals surface area contributed by atoms with Crippen LogP contribution in [-0.4, -0.2) is 18.0 Å².